The number of carbonyl (C=O) groups excluding carboxylic acids is 1. The number of aromatic nitrogens is 2. The molecule has 0 aliphatic carbocycles. The molecular formula is C24H31N5O3. The van der Waals surface area contributed by atoms with E-state index in [-0.39, 0.29) is 5.91 Å². The molecule has 2 atom stereocenters. The van der Waals surface area contributed by atoms with Crippen molar-refractivity contribution < 1.29 is 14.7 Å². The Hall–Kier alpha value is -3.00. The van der Waals surface area contributed by atoms with E-state index in [0.29, 0.717) is 24.4 Å². The van der Waals surface area contributed by atoms with Crippen LogP contribution in [-0.2, 0) is 17.6 Å². The van der Waals surface area contributed by atoms with Gasteiger partial charge in [0.05, 0.1) is 0 Å². The summed E-state index contributed by atoms with van der Waals surface area (Å²) >= 11 is 0. The number of anilines is 1. The number of nitrogens with one attached hydrogen (secondary N) is 2. The number of carbonyl (C=O) groups is 2. The Labute approximate surface area is 188 Å². The highest BCUT2D eigenvalue weighted by Crippen LogP contribution is 2.24. The number of carboxylic acids is 1. The molecule has 4 rings (SSSR count). The maximum Gasteiger partial charge on any atom is 0.326 e. The van der Waals surface area contributed by atoms with E-state index in [1.807, 2.05) is 0 Å². The normalized spacial score (nSPS) is 19.1. The summed E-state index contributed by atoms with van der Waals surface area (Å²) in [5, 5.41) is 15.6. The Morgan fingerprint density at radius 3 is 2.91 bits per heavy atom. The van der Waals surface area contributed by atoms with E-state index in [2.05, 4.69) is 32.7 Å². The smallest absolute Gasteiger partial charge is 0.326 e. The molecule has 2 aromatic rings. The van der Waals surface area contributed by atoms with Gasteiger partial charge in [-0.3, -0.25) is 9.78 Å². The highest BCUT2D eigenvalue weighted by Gasteiger charge is 2.26. The first-order valence-electron chi connectivity index (χ1n) is 11.5. The number of hydrogen-bond acceptors (Lipinski definition) is 6. The molecule has 0 radical (unpaired) electrons. The van der Waals surface area contributed by atoms with Crippen molar-refractivity contribution >= 4 is 17.7 Å². The third-order valence-corrected chi connectivity index (χ3v) is 6.41. The van der Waals surface area contributed by atoms with Crippen LogP contribution in [0, 0.1) is 5.92 Å². The van der Waals surface area contributed by atoms with Crippen molar-refractivity contribution in [2.45, 2.75) is 44.6 Å². The molecule has 2 aromatic heterocycles. The molecule has 2 aliphatic rings. The largest absolute Gasteiger partial charge is 0.480 e. The molecular weight excluding hydrogens is 406 g/mol. The molecule has 1 amide bonds. The third kappa shape index (κ3) is 5.82. The summed E-state index contributed by atoms with van der Waals surface area (Å²) in [5.41, 5.74) is 2.87. The third-order valence-electron chi connectivity index (χ3n) is 6.41. The van der Waals surface area contributed by atoms with Gasteiger partial charge in [0, 0.05) is 43.3 Å². The molecule has 4 heterocycles. The van der Waals surface area contributed by atoms with Gasteiger partial charge in [0.15, 0.2) is 0 Å². The lowest BCUT2D eigenvalue weighted by atomic mass is 10.00. The van der Waals surface area contributed by atoms with E-state index < -0.39 is 12.0 Å². The van der Waals surface area contributed by atoms with Gasteiger partial charge in [0.1, 0.15) is 11.9 Å². The standard InChI is InChI=1S/C24H31N5O3/c30-23(19-7-12-25-13-8-19)28-21(24(31)32)10-15-29-14-9-17(16-29)3-5-20-6-4-18-2-1-11-26-22(18)27-20/h4,6-8,12-13,17,21H,1-3,5,9-11,14-16H2,(H,26,27)(H,28,30)(H,31,32)/t17-,21-/m0/s1. The van der Waals surface area contributed by atoms with E-state index in [9.17, 15) is 14.7 Å². The maximum absolute atomic E-state index is 12.3. The first kappa shape index (κ1) is 22.2. The van der Waals surface area contributed by atoms with Gasteiger partial charge in [0.25, 0.3) is 5.91 Å². The van der Waals surface area contributed by atoms with Crippen molar-refractivity contribution in [3.8, 4) is 0 Å². The molecule has 0 bridgehead atoms. The summed E-state index contributed by atoms with van der Waals surface area (Å²) in [6, 6.07) is 6.61. The van der Waals surface area contributed by atoms with Crippen LogP contribution in [0.15, 0.2) is 36.7 Å². The van der Waals surface area contributed by atoms with Crippen LogP contribution < -0.4 is 10.6 Å². The average molecular weight is 438 g/mol. The Kier molecular flexibility index (Phi) is 7.32. The van der Waals surface area contributed by atoms with Crippen molar-refractivity contribution in [1.82, 2.24) is 20.2 Å². The van der Waals surface area contributed by atoms with Crippen molar-refractivity contribution in [3.63, 3.8) is 0 Å². The van der Waals surface area contributed by atoms with Gasteiger partial charge in [-0.1, -0.05) is 6.07 Å². The van der Waals surface area contributed by atoms with Gasteiger partial charge in [0.2, 0.25) is 0 Å². The highest BCUT2D eigenvalue weighted by molar-refractivity contribution is 5.96. The number of likely N-dealkylation sites (tertiary alicyclic amines) is 1. The summed E-state index contributed by atoms with van der Waals surface area (Å²) in [4.78, 5) is 34.9. The molecule has 0 aromatic carbocycles. The van der Waals surface area contributed by atoms with E-state index in [0.717, 1.165) is 56.8 Å². The molecule has 0 unspecified atom stereocenters. The number of hydrogen-bond donors (Lipinski definition) is 3. The van der Waals surface area contributed by atoms with Crippen LogP contribution in [0.25, 0.3) is 0 Å². The minimum absolute atomic E-state index is 0.383. The minimum Gasteiger partial charge on any atom is -0.480 e. The van der Waals surface area contributed by atoms with Gasteiger partial charge in [-0.2, -0.15) is 0 Å². The first-order chi connectivity index (χ1) is 15.6. The average Bonchev–Trinajstić information content (AvgIpc) is 3.28. The van der Waals surface area contributed by atoms with Gasteiger partial charge in [-0.15, -0.1) is 0 Å². The van der Waals surface area contributed by atoms with Crippen LogP contribution in [0.3, 0.4) is 0 Å². The van der Waals surface area contributed by atoms with Crippen LogP contribution in [0.1, 0.15) is 47.3 Å². The van der Waals surface area contributed by atoms with E-state index in [1.54, 1.807) is 12.1 Å². The van der Waals surface area contributed by atoms with Gasteiger partial charge >= 0.3 is 5.97 Å². The van der Waals surface area contributed by atoms with Crippen molar-refractivity contribution in [3.05, 3.63) is 53.5 Å². The quantitative estimate of drug-likeness (QED) is 0.553. The number of amides is 1. The van der Waals surface area contributed by atoms with E-state index in [4.69, 9.17) is 4.98 Å². The number of nitrogens with zero attached hydrogens (tertiary/aromatic N) is 3. The molecule has 8 nitrogen and oxygen atoms in total. The second-order valence-electron chi connectivity index (χ2n) is 8.72. The van der Waals surface area contributed by atoms with Crippen molar-refractivity contribution in [1.29, 1.82) is 0 Å². The molecule has 2 aliphatic heterocycles. The second-order valence-corrected chi connectivity index (χ2v) is 8.72. The maximum atomic E-state index is 12.3. The number of rotatable bonds is 9. The summed E-state index contributed by atoms with van der Waals surface area (Å²) in [5.74, 6) is 0.257. The molecule has 0 saturated carbocycles. The summed E-state index contributed by atoms with van der Waals surface area (Å²) in [6.07, 6.45) is 8.87. The van der Waals surface area contributed by atoms with Crippen LogP contribution in [0.5, 0.6) is 0 Å². The van der Waals surface area contributed by atoms with Crippen LogP contribution >= 0.6 is 0 Å². The Morgan fingerprint density at radius 2 is 2.09 bits per heavy atom. The lowest BCUT2D eigenvalue weighted by Crippen LogP contribution is -2.43. The van der Waals surface area contributed by atoms with Crippen molar-refractivity contribution in [2.75, 3.05) is 31.5 Å². The van der Waals surface area contributed by atoms with Crippen LogP contribution in [0.2, 0.25) is 0 Å². The summed E-state index contributed by atoms with van der Waals surface area (Å²) in [7, 11) is 0. The van der Waals surface area contributed by atoms with Crippen molar-refractivity contribution in [2.24, 2.45) is 5.92 Å². The predicted molar refractivity (Wildman–Crippen MR) is 122 cm³/mol. The number of aryl methyl sites for hydroxylation is 2. The fourth-order valence-electron chi connectivity index (χ4n) is 4.53. The lowest BCUT2D eigenvalue weighted by molar-refractivity contribution is -0.139. The Bertz CT molecular complexity index is 936. The number of aliphatic carboxylic acids is 1. The zero-order chi connectivity index (χ0) is 22.3. The monoisotopic (exact) mass is 437 g/mol. The summed E-state index contributed by atoms with van der Waals surface area (Å²) < 4.78 is 0. The Balaban J connectivity index is 1.22. The molecule has 1 saturated heterocycles. The zero-order valence-electron chi connectivity index (χ0n) is 18.3. The molecule has 8 heteroatoms. The SMILES string of the molecule is O=C(N[C@@H](CCN1CC[C@H](CCc2ccc3c(n2)NCCC3)C1)C(=O)O)c1ccncc1. The lowest BCUT2D eigenvalue weighted by Gasteiger charge is -2.20. The van der Waals surface area contributed by atoms with E-state index >= 15 is 0 Å². The molecule has 170 valence electrons. The summed E-state index contributed by atoms with van der Waals surface area (Å²) in [6.45, 7) is 3.59. The molecule has 3 N–H and O–H groups in total. The molecule has 32 heavy (non-hydrogen) atoms. The fourth-order valence-corrected chi connectivity index (χ4v) is 4.53. The Morgan fingerprint density at radius 1 is 1.25 bits per heavy atom. The topological polar surface area (TPSA) is 107 Å². The van der Waals surface area contributed by atoms with Gasteiger partial charge in [-0.05, 0) is 74.8 Å². The number of pyridine rings is 2. The predicted octanol–water partition coefficient (Wildman–Crippen LogP) is 2.36. The minimum atomic E-state index is -1.00. The number of carboxylic acid groups (broad SMARTS) is 1. The molecule has 1 fully saturated rings. The second kappa shape index (κ2) is 10.5. The first-order valence-corrected chi connectivity index (χ1v) is 11.5. The fraction of sp³-hybridized carbons (Fsp3) is 0.500. The van der Waals surface area contributed by atoms with Crippen LogP contribution in [0.4, 0.5) is 5.82 Å². The van der Waals surface area contributed by atoms with E-state index in [1.165, 1.54) is 24.4 Å². The molecule has 0 spiro atoms. The van der Waals surface area contributed by atoms with Crippen LogP contribution in [-0.4, -0.2) is 64.1 Å². The number of fused-ring (bicyclic) bond motifs is 1. The highest BCUT2D eigenvalue weighted by atomic mass is 16.4. The van der Waals surface area contributed by atoms with Gasteiger partial charge in [-0.25, -0.2) is 9.78 Å². The zero-order valence-corrected chi connectivity index (χ0v) is 18.3. The van der Waals surface area contributed by atoms with Gasteiger partial charge < -0.3 is 20.6 Å².